The molecule has 0 N–H and O–H groups in total. The van der Waals surface area contributed by atoms with E-state index >= 15 is 0 Å². The van der Waals surface area contributed by atoms with Crippen LogP contribution in [0.25, 0.3) is 0 Å². The van der Waals surface area contributed by atoms with Gasteiger partial charge in [0, 0.05) is 0 Å². The molecule has 0 aromatic carbocycles. The monoisotopic (exact) mass is 255 g/mol. The van der Waals surface area contributed by atoms with Crippen molar-refractivity contribution < 1.29 is 0 Å². The van der Waals surface area contributed by atoms with Crippen molar-refractivity contribution in [2.24, 2.45) is 0 Å². The summed E-state index contributed by atoms with van der Waals surface area (Å²) in [5.41, 5.74) is 0. The molecular formula is C12H27N2Si2+. The summed E-state index contributed by atoms with van der Waals surface area (Å²) in [7, 11) is 2.16. The van der Waals surface area contributed by atoms with Crippen molar-refractivity contribution in [1.82, 2.24) is 8.93 Å². The highest BCUT2D eigenvalue weighted by atomic mass is 28.3. The summed E-state index contributed by atoms with van der Waals surface area (Å²) in [4.78, 5) is 0. The van der Waals surface area contributed by atoms with Crippen molar-refractivity contribution in [2.75, 3.05) is 14.1 Å². The highest BCUT2D eigenvalue weighted by Crippen LogP contribution is 2.15. The molecule has 0 bridgehead atoms. The van der Waals surface area contributed by atoms with Crippen LogP contribution < -0.4 is 9.57 Å². The Morgan fingerprint density at radius 1 is 1.00 bits per heavy atom. The third-order valence-corrected chi connectivity index (χ3v) is 9.11. The second kappa shape index (κ2) is 3.86. The first-order chi connectivity index (χ1) is 6.98. The molecule has 0 saturated carbocycles. The van der Waals surface area contributed by atoms with E-state index in [-0.39, 0.29) is 0 Å². The second-order valence-electron chi connectivity index (χ2n) is 7.05. The zero-order valence-corrected chi connectivity index (χ0v) is 14.1. The standard InChI is InChI=1S/C12H27N2Si2/c1-14(2,16(6,7)8)13-11-9-10-12(13)15(3,4)5/h9-11H,1-8H3/q+1. The Morgan fingerprint density at radius 2 is 1.50 bits per heavy atom. The molecule has 0 radical (unpaired) electrons. The minimum atomic E-state index is -1.28. The summed E-state index contributed by atoms with van der Waals surface area (Å²) in [5.74, 6) is 0. The van der Waals surface area contributed by atoms with E-state index in [0.717, 1.165) is 4.26 Å². The molecule has 0 saturated heterocycles. The Balaban J connectivity index is 3.31. The molecule has 0 unspecified atom stereocenters. The summed E-state index contributed by atoms with van der Waals surface area (Å²) in [5, 5.41) is 1.56. The maximum Gasteiger partial charge on any atom is 0.300 e. The molecule has 2 nitrogen and oxygen atoms in total. The molecule has 0 amide bonds. The van der Waals surface area contributed by atoms with Crippen LogP contribution >= 0.6 is 0 Å². The van der Waals surface area contributed by atoms with Crippen LogP contribution in [0.1, 0.15) is 0 Å². The van der Waals surface area contributed by atoms with Crippen LogP contribution in [0, 0.1) is 0 Å². The average Bonchev–Trinajstić information content (AvgIpc) is 2.47. The minimum Gasteiger partial charge on any atom is -0.279 e. The summed E-state index contributed by atoms with van der Waals surface area (Å²) in [6.45, 7) is 14.6. The predicted molar refractivity (Wildman–Crippen MR) is 80.1 cm³/mol. The van der Waals surface area contributed by atoms with E-state index in [0.29, 0.717) is 0 Å². The normalized spacial score (nSPS) is 14.2. The van der Waals surface area contributed by atoms with Crippen LogP contribution in [0.3, 0.4) is 0 Å². The average molecular weight is 256 g/mol. The molecule has 4 heteroatoms. The van der Waals surface area contributed by atoms with Gasteiger partial charge < -0.3 is 0 Å². The second-order valence-corrected chi connectivity index (χ2v) is 17.5. The van der Waals surface area contributed by atoms with Gasteiger partial charge in [-0.25, -0.2) is 4.68 Å². The van der Waals surface area contributed by atoms with E-state index in [4.69, 9.17) is 0 Å². The van der Waals surface area contributed by atoms with Gasteiger partial charge in [0.05, 0.1) is 25.6 Å². The van der Waals surface area contributed by atoms with Crippen LogP contribution in [0.2, 0.25) is 39.3 Å². The third kappa shape index (κ3) is 2.33. The van der Waals surface area contributed by atoms with Crippen molar-refractivity contribution in [3.63, 3.8) is 0 Å². The molecule has 1 rings (SSSR count). The fraction of sp³-hybridized carbons (Fsp3) is 0.667. The van der Waals surface area contributed by atoms with E-state index in [1.54, 1.807) is 5.32 Å². The Labute approximate surface area is 103 Å². The van der Waals surface area contributed by atoms with Crippen LogP contribution in [0.15, 0.2) is 18.3 Å². The molecule has 0 spiro atoms. The molecule has 0 atom stereocenters. The van der Waals surface area contributed by atoms with Crippen molar-refractivity contribution >= 4 is 21.6 Å². The predicted octanol–water partition coefficient (Wildman–Crippen LogP) is 2.57. The molecule has 0 fully saturated rings. The molecule has 0 aliphatic rings. The van der Waals surface area contributed by atoms with E-state index in [9.17, 15) is 0 Å². The van der Waals surface area contributed by atoms with Gasteiger partial charge in [-0.3, -0.25) is 4.26 Å². The lowest BCUT2D eigenvalue weighted by atomic mass is 10.7. The number of hydrogen-bond donors (Lipinski definition) is 0. The molecule has 1 aromatic rings. The Bertz CT molecular complexity index is 367. The lowest BCUT2D eigenvalue weighted by Crippen LogP contribution is -2.70. The highest BCUT2D eigenvalue weighted by Gasteiger charge is 2.40. The van der Waals surface area contributed by atoms with E-state index in [1.807, 2.05) is 0 Å². The maximum absolute atomic E-state index is 2.50. The molecule has 92 valence electrons. The molecule has 16 heavy (non-hydrogen) atoms. The summed E-state index contributed by atoms with van der Waals surface area (Å²) in [6.07, 6.45) is 2.26. The number of rotatable bonds is 3. The van der Waals surface area contributed by atoms with Gasteiger partial charge in [0.1, 0.15) is 8.07 Å². The van der Waals surface area contributed by atoms with Crippen LogP contribution in [0.5, 0.6) is 0 Å². The van der Waals surface area contributed by atoms with Crippen molar-refractivity contribution in [2.45, 2.75) is 39.3 Å². The summed E-state index contributed by atoms with van der Waals surface area (Å²) >= 11 is 0. The minimum absolute atomic E-state index is 1.01. The molecule has 0 aliphatic carbocycles. The first-order valence-corrected chi connectivity index (χ1v) is 13.0. The van der Waals surface area contributed by atoms with Gasteiger partial charge in [0.2, 0.25) is 0 Å². The topological polar surface area (TPSA) is 4.93 Å². The quantitative estimate of drug-likeness (QED) is 0.732. The van der Waals surface area contributed by atoms with E-state index in [1.165, 1.54) is 0 Å². The SMILES string of the molecule is C[N+](C)(n1cccc1[Si](C)(C)C)[Si](C)(C)C. The van der Waals surface area contributed by atoms with Gasteiger partial charge in [0.15, 0.2) is 0 Å². The van der Waals surface area contributed by atoms with Gasteiger partial charge in [-0.1, -0.05) is 19.6 Å². The van der Waals surface area contributed by atoms with Gasteiger partial charge in [-0.15, -0.1) is 0 Å². The van der Waals surface area contributed by atoms with E-state index < -0.39 is 16.3 Å². The first-order valence-electron chi connectivity index (χ1n) is 6.01. The fourth-order valence-corrected chi connectivity index (χ4v) is 4.25. The van der Waals surface area contributed by atoms with Gasteiger partial charge in [-0.05, 0) is 31.8 Å². The van der Waals surface area contributed by atoms with Gasteiger partial charge >= 0.3 is 0 Å². The Kier molecular flexibility index (Phi) is 3.31. The molecule has 1 aromatic heterocycles. The van der Waals surface area contributed by atoms with Crippen LogP contribution in [-0.2, 0) is 0 Å². The van der Waals surface area contributed by atoms with Crippen molar-refractivity contribution in [3.05, 3.63) is 18.3 Å². The number of aromatic nitrogens is 1. The summed E-state index contributed by atoms with van der Waals surface area (Å²) in [6, 6.07) is 4.51. The van der Waals surface area contributed by atoms with Crippen LogP contribution in [-0.4, -0.2) is 35.1 Å². The lowest BCUT2D eigenvalue weighted by molar-refractivity contribution is 0.352. The molecule has 0 aliphatic heterocycles. The zero-order chi connectivity index (χ0) is 12.8. The Morgan fingerprint density at radius 3 is 1.88 bits per heavy atom. The largest absolute Gasteiger partial charge is 0.300 e. The van der Waals surface area contributed by atoms with E-state index in [2.05, 4.69) is 76.4 Å². The first kappa shape index (κ1) is 13.7. The van der Waals surface area contributed by atoms with Gasteiger partial charge in [0.25, 0.3) is 8.24 Å². The number of nitrogens with zero attached hydrogens (tertiary/aromatic N) is 2. The Hall–Kier alpha value is -0.326. The maximum atomic E-state index is 2.50. The fourth-order valence-electron chi connectivity index (χ4n) is 1.73. The van der Waals surface area contributed by atoms with Crippen LogP contribution in [0.4, 0.5) is 0 Å². The van der Waals surface area contributed by atoms with Crippen molar-refractivity contribution in [1.29, 1.82) is 0 Å². The molecule has 1 heterocycles. The molecular weight excluding hydrogens is 228 g/mol. The number of quaternary nitrogens is 1. The number of hydrogen-bond acceptors (Lipinski definition) is 0. The summed E-state index contributed by atoms with van der Waals surface area (Å²) < 4.78 is 3.51. The lowest BCUT2D eigenvalue weighted by Gasteiger charge is -2.43. The zero-order valence-electron chi connectivity index (χ0n) is 12.1. The van der Waals surface area contributed by atoms with Gasteiger partial charge in [-0.2, -0.15) is 0 Å². The van der Waals surface area contributed by atoms with Crippen molar-refractivity contribution in [3.8, 4) is 0 Å². The smallest absolute Gasteiger partial charge is 0.279 e. The third-order valence-electron chi connectivity index (χ3n) is 3.68. The highest BCUT2D eigenvalue weighted by molar-refractivity contribution is 6.88.